The van der Waals surface area contributed by atoms with E-state index in [2.05, 4.69) is 29.6 Å². The molecule has 7 heteroatoms. The van der Waals surface area contributed by atoms with Crippen molar-refractivity contribution in [3.05, 3.63) is 89.5 Å². The summed E-state index contributed by atoms with van der Waals surface area (Å²) in [6.45, 7) is 0.817. The molecule has 1 saturated heterocycles. The Morgan fingerprint density at radius 1 is 0.914 bits per heavy atom. The van der Waals surface area contributed by atoms with Crippen molar-refractivity contribution in [1.82, 2.24) is 4.90 Å². The van der Waals surface area contributed by atoms with Crippen molar-refractivity contribution in [2.75, 3.05) is 25.0 Å². The van der Waals surface area contributed by atoms with Gasteiger partial charge in [-0.1, -0.05) is 60.7 Å². The van der Waals surface area contributed by atoms with Gasteiger partial charge in [0.2, 0.25) is 0 Å². The summed E-state index contributed by atoms with van der Waals surface area (Å²) in [5, 5.41) is 12.1. The zero-order chi connectivity index (χ0) is 24.4. The van der Waals surface area contributed by atoms with Crippen LogP contribution in [0.2, 0.25) is 0 Å². The molecule has 1 aliphatic heterocycles. The lowest BCUT2D eigenvalue weighted by molar-refractivity contribution is -0.143. The van der Waals surface area contributed by atoms with Crippen molar-refractivity contribution >= 4 is 23.7 Å². The van der Waals surface area contributed by atoms with Crippen molar-refractivity contribution in [2.45, 2.75) is 18.8 Å². The number of ether oxygens (including phenoxy) is 1. The van der Waals surface area contributed by atoms with Gasteiger partial charge in [0, 0.05) is 19.0 Å². The van der Waals surface area contributed by atoms with Crippen molar-refractivity contribution in [3.8, 4) is 11.1 Å². The molecule has 0 spiro atoms. The lowest BCUT2D eigenvalue weighted by Gasteiger charge is -2.31. The minimum Gasteiger partial charge on any atom is -0.481 e. The average molecular weight is 471 g/mol. The van der Waals surface area contributed by atoms with Gasteiger partial charge in [0.15, 0.2) is 0 Å². The second-order valence-electron chi connectivity index (χ2n) is 8.92. The number of carbonyl (C=O) groups is 3. The fraction of sp³-hybridized carbons (Fsp3) is 0.250. The van der Waals surface area contributed by atoms with Gasteiger partial charge in [-0.25, -0.2) is 4.79 Å². The third kappa shape index (κ3) is 4.49. The third-order valence-electron chi connectivity index (χ3n) is 6.80. The lowest BCUT2D eigenvalue weighted by atomic mass is 9.97. The van der Waals surface area contributed by atoms with E-state index in [1.165, 1.54) is 0 Å². The first-order chi connectivity index (χ1) is 17.0. The highest BCUT2D eigenvalue weighted by Gasteiger charge is 2.31. The Bertz CT molecular complexity index is 1240. The molecule has 7 nitrogen and oxygen atoms in total. The van der Waals surface area contributed by atoms with Crippen molar-refractivity contribution in [2.24, 2.45) is 5.92 Å². The van der Waals surface area contributed by atoms with Gasteiger partial charge in [-0.15, -0.1) is 0 Å². The number of fused-ring (bicyclic) bond motifs is 3. The number of benzene rings is 3. The number of carboxylic acids is 1. The summed E-state index contributed by atoms with van der Waals surface area (Å²) >= 11 is 0. The smallest absolute Gasteiger partial charge is 0.411 e. The molecule has 2 aliphatic rings. The number of hydrogen-bond acceptors (Lipinski definition) is 4. The minimum atomic E-state index is -0.896. The van der Waals surface area contributed by atoms with Gasteiger partial charge in [0.25, 0.3) is 5.91 Å². The lowest BCUT2D eigenvalue weighted by Crippen LogP contribution is -2.42. The summed E-state index contributed by atoms with van der Waals surface area (Å²) in [5.41, 5.74) is 5.19. The molecule has 0 aromatic heterocycles. The number of rotatable bonds is 5. The van der Waals surface area contributed by atoms with E-state index < -0.39 is 18.0 Å². The summed E-state index contributed by atoms with van der Waals surface area (Å²) in [4.78, 5) is 38.8. The van der Waals surface area contributed by atoms with Crippen LogP contribution in [0.15, 0.2) is 72.8 Å². The summed E-state index contributed by atoms with van der Waals surface area (Å²) in [7, 11) is 0. The largest absolute Gasteiger partial charge is 0.481 e. The number of amides is 2. The Morgan fingerprint density at radius 2 is 1.54 bits per heavy atom. The summed E-state index contributed by atoms with van der Waals surface area (Å²) in [6.07, 6.45) is 0.540. The van der Waals surface area contributed by atoms with E-state index >= 15 is 0 Å². The van der Waals surface area contributed by atoms with E-state index in [4.69, 9.17) is 4.74 Å². The number of carboxylic acid groups (broad SMARTS) is 1. The average Bonchev–Trinajstić information content (AvgIpc) is 3.21. The molecule has 1 unspecified atom stereocenters. The maximum absolute atomic E-state index is 13.2. The molecule has 0 bridgehead atoms. The first-order valence-corrected chi connectivity index (χ1v) is 11.8. The third-order valence-corrected chi connectivity index (χ3v) is 6.80. The number of likely N-dealkylation sites (tertiary alicyclic amines) is 1. The van der Waals surface area contributed by atoms with E-state index in [9.17, 15) is 19.5 Å². The van der Waals surface area contributed by atoms with E-state index in [0.29, 0.717) is 30.6 Å². The van der Waals surface area contributed by atoms with Crippen LogP contribution < -0.4 is 5.32 Å². The molecule has 5 rings (SSSR count). The topological polar surface area (TPSA) is 95.9 Å². The number of aliphatic carboxylic acids is 1. The normalized spacial score (nSPS) is 16.8. The maximum Gasteiger partial charge on any atom is 0.411 e. The molecule has 2 N–H and O–H groups in total. The van der Waals surface area contributed by atoms with Crippen LogP contribution in [0.25, 0.3) is 11.1 Å². The quantitative estimate of drug-likeness (QED) is 0.548. The Kier molecular flexibility index (Phi) is 6.23. The van der Waals surface area contributed by atoms with Crippen LogP contribution in [0, 0.1) is 5.92 Å². The molecule has 2 amide bonds. The molecule has 1 heterocycles. The fourth-order valence-electron chi connectivity index (χ4n) is 5.06. The number of anilines is 1. The zero-order valence-electron chi connectivity index (χ0n) is 19.1. The SMILES string of the molecule is O=C(Nc1ccccc1C(=O)N1CCCC(C(=O)O)C1)OCC1c2ccccc2-c2ccccc21. The van der Waals surface area contributed by atoms with Crippen molar-refractivity contribution < 1.29 is 24.2 Å². The number of nitrogens with zero attached hydrogens (tertiary/aromatic N) is 1. The summed E-state index contributed by atoms with van der Waals surface area (Å²) in [6, 6.07) is 22.9. The standard InChI is InChI=1S/C28H26N2O5/c31-26(30-15-7-8-18(16-30)27(32)33)23-13-5-6-14-25(23)29-28(34)35-17-24-21-11-3-1-9-19(21)20-10-2-4-12-22(20)24/h1-6,9-14,18,24H,7-8,15-17H2,(H,29,34)(H,32,33). The summed E-state index contributed by atoms with van der Waals surface area (Å²) in [5.74, 6) is -1.83. The Labute approximate surface area is 203 Å². The van der Waals surface area contributed by atoms with Gasteiger partial charge in [-0.2, -0.15) is 0 Å². The van der Waals surface area contributed by atoms with E-state index in [0.717, 1.165) is 22.3 Å². The fourth-order valence-corrected chi connectivity index (χ4v) is 5.06. The van der Waals surface area contributed by atoms with Gasteiger partial charge in [0.05, 0.1) is 17.2 Å². The molecule has 178 valence electrons. The van der Waals surface area contributed by atoms with Crippen LogP contribution in [0.3, 0.4) is 0 Å². The molecule has 0 saturated carbocycles. The molecule has 3 aromatic carbocycles. The number of carbonyl (C=O) groups excluding carboxylic acids is 2. The number of nitrogens with one attached hydrogen (secondary N) is 1. The Hall–Kier alpha value is -4.13. The van der Waals surface area contributed by atoms with Crippen LogP contribution in [-0.2, 0) is 9.53 Å². The van der Waals surface area contributed by atoms with E-state index in [-0.39, 0.29) is 25.0 Å². The Morgan fingerprint density at radius 3 is 2.23 bits per heavy atom. The predicted octanol–water partition coefficient (Wildman–Crippen LogP) is 4.98. The maximum atomic E-state index is 13.2. The molecule has 1 aliphatic carbocycles. The van der Waals surface area contributed by atoms with Gasteiger partial charge < -0.3 is 14.7 Å². The highest BCUT2D eigenvalue weighted by atomic mass is 16.5. The minimum absolute atomic E-state index is 0.0636. The first-order valence-electron chi connectivity index (χ1n) is 11.8. The van der Waals surface area contributed by atoms with Crippen molar-refractivity contribution in [1.29, 1.82) is 0 Å². The second kappa shape index (κ2) is 9.62. The molecular formula is C28H26N2O5. The second-order valence-corrected chi connectivity index (χ2v) is 8.92. The van der Waals surface area contributed by atoms with Crippen LogP contribution in [0.4, 0.5) is 10.5 Å². The molecule has 1 fully saturated rings. The van der Waals surface area contributed by atoms with Gasteiger partial charge >= 0.3 is 12.1 Å². The molecular weight excluding hydrogens is 444 g/mol. The highest BCUT2D eigenvalue weighted by molar-refractivity contribution is 6.02. The molecule has 3 aromatic rings. The van der Waals surface area contributed by atoms with Crippen LogP contribution in [0.5, 0.6) is 0 Å². The number of para-hydroxylation sites is 1. The molecule has 1 atom stereocenters. The zero-order valence-corrected chi connectivity index (χ0v) is 19.1. The van der Waals surface area contributed by atoms with E-state index in [1.54, 1.807) is 29.2 Å². The van der Waals surface area contributed by atoms with Gasteiger partial charge in [0.1, 0.15) is 6.61 Å². The highest BCUT2D eigenvalue weighted by Crippen LogP contribution is 2.44. The number of hydrogen-bond donors (Lipinski definition) is 2. The van der Waals surface area contributed by atoms with Crippen molar-refractivity contribution in [3.63, 3.8) is 0 Å². The van der Waals surface area contributed by atoms with Crippen LogP contribution >= 0.6 is 0 Å². The molecule has 0 radical (unpaired) electrons. The van der Waals surface area contributed by atoms with Gasteiger partial charge in [-0.3, -0.25) is 14.9 Å². The summed E-state index contributed by atoms with van der Waals surface area (Å²) < 4.78 is 5.62. The number of piperidine rings is 1. The molecule has 35 heavy (non-hydrogen) atoms. The predicted molar refractivity (Wildman–Crippen MR) is 131 cm³/mol. The Balaban J connectivity index is 1.28. The monoisotopic (exact) mass is 470 g/mol. The van der Waals surface area contributed by atoms with Gasteiger partial charge in [-0.05, 0) is 47.2 Å². The van der Waals surface area contributed by atoms with Crippen LogP contribution in [-0.4, -0.2) is 47.7 Å². The first kappa shape index (κ1) is 22.7. The van der Waals surface area contributed by atoms with Crippen LogP contribution in [0.1, 0.15) is 40.2 Å². The van der Waals surface area contributed by atoms with E-state index in [1.807, 2.05) is 24.3 Å².